The van der Waals surface area contributed by atoms with Gasteiger partial charge in [0.15, 0.2) is 18.2 Å². The molecule has 5 heterocycles. The van der Waals surface area contributed by atoms with Gasteiger partial charge in [-0.2, -0.15) is 15.0 Å². The quantitative estimate of drug-likeness (QED) is 0.0735. The van der Waals surface area contributed by atoms with Crippen LogP contribution in [0.15, 0.2) is 24.3 Å². The summed E-state index contributed by atoms with van der Waals surface area (Å²) >= 11 is 0. The topological polar surface area (TPSA) is 220 Å². The van der Waals surface area contributed by atoms with E-state index in [0.29, 0.717) is 74.6 Å². The van der Waals surface area contributed by atoms with Gasteiger partial charge in [0.2, 0.25) is 23.6 Å². The molecule has 18 nitrogen and oxygen atoms in total. The number of carboxylic acids is 2. The molecule has 1 spiro atoms. The molecular formula is C39H62N8O10. The third-order valence-electron chi connectivity index (χ3n) is 11.4. The Balaban J connectivity index is 0.000000959. The van der Waals surface area contributed by atoms with Gasteiger partial charge in [-0.1, -0.05) is 13.8 Å². The number of carbonyl (C=O) groups is 2. The molecule has 57 heavy (non-hydrogen) atoms. The lowest BCUT2D eigenvalue weighted by Crippen LogP contribution is -2.70. The standard InChI is InChI=1S/C37H60N8O6.C2H2O4/c1-23(2)45(24(3)4)21-19-40-34-42-33(43-35(44-34)41-27-10-12-28(46-8)13-11-27)39-18-17-38-20-22-47-31-26(6)30-14-9-25(5)29-15-16-36(7)49-32(48-31)37(29,30)51-50-36;3-1(4)2(5)6/h10-13,23-26,29-32,38H,9,14-22H2,1-8H3,(H3,39,40,41,42,43,44);(H,3,4)(H,5,6)/t25-,26-,29+,30+,31+,32-,36-,37-;/m1./s1. The summed E-state index contributed by atoms with van der Waals surface area (Å²) in [5.74, 6) is -0.938. The van der Waals surface area contributed by atoms with Crippen LogP contribution in [-0.2, 0) is 33.6 Å². The zero-order chi connectivity index (χ0) is 41.3. The van der Waals surface area contributed by atoms with Crippen LogP contribution in [-0.4, -0.2) is 124 Å². The first kappa shape index (κ1) is 44.2. The van der Waals surface area contributed by atoms with E-state index in [1.54, 1.807) is 7.11 Å². The normalized spacial score (nSPS) is 28.9. The molecule has 1 aromatic carbocycles. The maximum atomic E-state index is 9.10. The summed E-state index contributed by atoms with van der Waals surface area (Å²) < 4.78 is 24.7. The summed E-state index contributed by atoms with van der Waals surface area (Å²) in [7, 11) is 1.65. The number of carboxylic acid groups (broad SMARTS) is 2. The first-order chi connectivity index (χ1) is 27.2. The number of anilines is 4. The van der Waals surface area contributed by atoms with Crippen LogP contribution >= 0.6 is 0 Å². The largest absolute Gasteiger partial charge is 0.497 e. The fraction of sp³-hybridized carbons (Fsp3) is 0.718. The van der Waals surface area contributed by atoms with Crippen molar-refractivity contribution in [3.63, 3.8) is 0 Å². The van der Waals surface area contributed by atoms with Gasteiger partial charge in [-0.25, -0.2) is 19.4 Å². The van der Waals surface area contributed by atoms with E-state index in [9.17, 15) is 0 Å². The Hall–Kier alpha value is -3.91. The molecule has 4 saturated heterocycles. The lowest BCUT2D eigenvalue weighted by molar-refractivity contribution is -0.577. The molecule has 2 bridgehead atoms. The molecule has 0 radical (unpaired) electrons. The van der Waals surface area contributed by atoms with Crippen LogP contribution in [0.3, 0.4) is 0 Å². The molecule has 5 fully saturated rings. The van der Waals surface area contributed by atoms with Gasteiger partial charge in [0, 0.05) is 68.8 Å². The molecule has 0 unspecified atom stereocenters. The Morgan fingerprint density at radius 1 is 0.877 bits per heavy atom. The predicted octanol–water partition coefficient (Wildman–Crippen LogP) is 4.54. The van der Waals surface area contributed by atoms with Crippen LogP contribution < -0.4 is 26.0 Å². The number of hydrogen-bond acceptors (Lipinski definition) is 16. The minimum Gasteiger partial charge on any atom is -0.497 e. The number of rotatable bonds is 17. The fourth-order valence-corrected chi connectivity index (χ4v) is 8.50. The van der Waals surface area contributed by atoms with Gasteiger partial charge in [0.1, 0.15) is 5.75 Å². The van der Waals surface area contributed by atoms with Gasteiger partial charge in [-0.05, 0) is 90.0 Å². The molecule has 2 aromatic rings. The smallest absolute Gasteiger partial charge is 0.414 e. The molecule has 318 valence electrons. The Kier molecular flexibility index (Phi) is 15.3. The second kappa shape index (κ2) is 19.7. The SMILES string of the molecule is COc1ccc(Nc2nc(NCCNCCO[C@H]3O[C@@H]4O[C@@]5(C)CC[C@H]6[C@H](C)CC[C@@H]([C@H]3C)[C@@]46OO5)nc(NCCN(C(C)C)C(C)C)n2)cc1.O=C(O)C(=O)O. The zero-order valence-corrected chi connectivity index (χ0v) is 34.4. The monoisotopic (exact) mass is 802 g/mol. The summed E-state index contributed by atoms with van der Waals surface area (Å²) in [6, 6.07) is 8.53. The molecule has 18 heteroatoms. The lowest BCUT2D eigenvalue weighted by atomic mass is 9.58. The number of benzene rings is 1. The van der Waals surface area contributed by atoms with Crippen molar-refractivity contribution in [2.75, 3.05) is 62.4 Å². The zero-order valence-electron chi connectivity index (χ0n) is 34.4. The van der Waals surface area contributed by atoms with Crippen molar-refractivity contribution in [2.45, 2.75) is 110 Å². The molecule has 1 aliphatic carbocycles. The molecular weight excluding hydrogens is 740 g/mol. The van der Waals surface area contributed by atoms with E-state index < -0.39 is 29.6 Å². The predicted molar refractivity (Wildman–Crippen MR) is 211 cm³/mol. The highest BCUT2D eigenvalue weighted by atomic mass is 17.3. The maximum absolute atomic E-state index is 9.10. The van der Waals surface area contributed by atoms with Gasteiger partial charge in [0.25, 0.3) is 0 Å². The van der Waals surface area contributed by atoms with Crippen molar-refractivity contribution in [3.05, 3.63) is 24.3 Å². The number of methoxy groups -OCH3 is 1. The molecule has 5 aliphatic rings. The van der Waals surface area contributed by atoms with Crippen LogP contribution in [0.5, 0.6) is 5.75 Å². The van der Waals surface area contributed by atoms with Crippen molar-refractivity contribution >= 4 is 35.5 Å². The van der Waals surface area contributed by atoms with E-state index in [-0.39, 0.29) is 18.1 Å². The van der Waals surface area contributed by atoms with Gasteiger partial charge in [-0.3, -0.25) is 4.90 Å². The molecule has 7 rings (SSSR count). The number of nitrogens with one attached hydrogen (secondary N) is 4. The average Bonchev–Trinajstić information content (AvgIpc) is 3.40. The van der Waals surface area contributed by atoms with Crippen LogP contribution in [0.1, 0.15) is 74.1 Å². The summed E-state index contributed by atoms with van der Waals surface area (Å²) in [6.07, 6.45) is 3.16. The highest BCUT2D eigenvalue weighted by Gasteiger charge is 2.69. The highest BCUT2D eigenvalue weighted by Crippen LogP contribution is 2.60. The van der Waals surface area contributed by atoms with Gasteiger partial charge in [0.05, 0.1) is 13.7 Å². The average molecular weight is 803 g/mol. The molecule has 1 aromatic heterocycles. The van der Waals surface area contributed by atoms with Crippen LogP contribution in [0.4, 0.5) is 23.5 Å². The maximum Gasteiger partial charge on any atom is 0.414 e. The van der Waals surface area contributed by atoms with Gasteiger partial charge < -0.3 is 50.4 Å². The summed E-state index contributed by atoms with van der Waals surface area (Å²) in [6.45, 7) is 19.4. The Labute approximate surface area is 335 Å². The number of fused-ring (bicyclic) bond motifs is 2. The van der Waals surface area contributed by atoms with E-state index in [1.165, 1.54) is 6.42 Å². The first-order valence-corrected chi connectivity index (χ1v) is 20.0. The highest BCUT2D eigenvalue weighted by molar-refractivity contribution is 6.27. The van der Waals surface area contributed by atoms with E-state index in [2.05, 4.69) is 82.7 Å². The number of nitrogens with zero attached hydrogens (tertiary/aromatic N) is 4. The van der Waals surface area contributed by atoms with Crippen LogP contribution in [0.25, 0.3) is 0 Å². The van der Waals surface area contributed by atoms with E-state index >= 15 is 0 Å². The number of hydrogen-bond donors (Lipinski definition) is 6. The first-order valence-electron chi connectivity index (χ1n) is 20.0. The number of aliphatic carboxylic acids is 2. The van der Waals surface area contributed by atoms with Crippen molar-refractivity contribution in [1.82, 2.24) is 25.2 Å². The van der Waals surface area contributed by atoms with Crippen LogP contribution in [0.2, 0.25) is 0 Å². The van der Waals surface area contributed by atoms with E-state index in [0.717, 1.165) is 37.2 Å². The van der Waals surface area contributed by atoms with Crippen molar-refractivity contribution in [1.29, 1.82) is 0 Å². The van der Waals surface area contributed by atoms with Crippen molar-refractivity contribution in [2.24, 2.45) is 23.7 Å². The molecule has 4 aliphatic heterocycles. The Morgan fingerprint density at radius 3 is 2.16 bits per heavy atom. The van der Waals surface area contributed by atoms with Gasteiger partial charge in [-0.15, -0.1) is 0 Å². The summed E-state index contributed by atoms with van der Waals surface area (Å²) in [5.41, 5.74) is 0.275. The van der Waals surface area contributed by atoms with E-state index in [4.69, 9.17) is 48.5 Å². The third-order valence-corrected chi connectivity index (χ3v) is 11.4. The Morgan fingerprint density at radius 2 is 1.53 bits per heavy atom. The number of ether oxygens (including phenoxy) is 4. The minimum absolute atomic E-state index is 0.152. The molecule has 8 atom stereocenters. The summed E-state index contributed by atoms with van der Waals surface area (Å²) in [5, 5.41) is 28.3. The lowest BCUT2D eigenvalue weighted by Gasteiger charge is -2.60. The minimum atomic E-state index is -1.82. The van der Waals surface area contributed by atoms with Crippen LogP contribution in [0, 0.1) is 23.7 Å². The molecule has 6 N–H and O–H groups in total. The third kappa shape index (κ3) is 11.0. The second-order valence-corrected chi connectivity index (χ2v) is 15.9. The van der Waals surface area contributed by atoms with Crippen molar-refractivity contribution in [3.8, 4) is 5.75 Å². The van der Waals surface area contributed by atoms with E-state index in [1.807, 2.05) is 31.2 Å². The number of aromatic nitrogens is 3. The summed E-state index contributed by atoms with van der Waals surface area (Å²) in [4.78, 5) is 46.8. The van der Waals surface area contributed by atoms with Gasteiger partial charge >= 0.3 is 11.9 Å². The molecule has 0 amide bonds. The van der Waals surface area contributed by atoms with Crippen molar-refractivity contribution < 1.29 is 48.5 Å². The fourth-order valence-electron chi connectivity index (χ4n) is 8.50. The second-order valence-electron chi connectivity index (χ2n) is 15.9. The molecule has 1 saturated carbocycles. The Bertz CT molecular complexity index is 1600.